The summed E-state index contributed by atoms with van der Waals surface area (Å²) >= 11 is 1.74. The molecule has 0 aliphatic carbocycles. The molecule has 2 aromatic heterocycles. The Hall–Kier alpha value is -2.02. The molecule has 0 spiro atoms. The van der Waals surface area contributed by atoms with Crippen LogP contribution in [0.2, 0.25) is 0 Å². The lowest BCUT2D eigenvalue weighted by Crippen LogP contribution is -2.38. The largest absolute Gasteiger partial charge is 0.388 e. The highest BCUT2D eigenvalue weighted by Gasteiger charge is 2.38. The van der Waals surface area contributed by atoms with Crippen LogP contribution < -0.4 is 5.32 Å². The molecule has 6 heteroatoms. The molecule has 0 fully saturated rings. The number of anilines is 1. The summed E-state index contributed by atoms with van der Waals surface area (Å²) in [6.45, 7) is 4.69. The van der Waals surface area contributed by atoms with Crippen molar-refractivity contribution in [3.63, 3.8) is 0 Å². The summed E-state index contributed by atoms with van der Waals surface area (Å²) in [5, 5.41) is 14.7. The highest BCUT2D eigenvalue weighted by Crippen LogP contribution is 2.43. The summed E-state index contributed by atoms with van der Waals surface area (Å²) in [6.07, 6.45) is 3.01. The molecule has 5 nitrogen and oxygen atoms in total. The summed E-state index contributed by atoms with van der Waals surface area (Å²) in [7, 11) is 0. The van der Waals surface area contributed by atoms with Crippen LogP contribution in [0.25, 0.3) is 5.65 Å². The molecule has 0 radical (unpaired) electrons. The summed E-state index contributed by atoms with van der Waals surface area (Å²) in [5.41, 5.74) is 5.96. The highest BCUT2D eigenvalue weighted by molar-refractivity contribution is 7.98. The minimum absolute atomic E-state index is 0.249. The zero-order valence-corrected chi connectivity index (χ0v) is 16.7. The monoisotopic (exact) mass is 383 g/mol. The lowest BCUT2D eigenvalue weighted by atomic mass is 9.89. The number of benzene rings is 1. The summed E-state index contributed by atoms with van der Waals surface area (Å²) in [5.74, 6) is 0.895. The first-order valence-corrected chi connectivity index (χ1v) is 10.6. The maximum absolute atomic E-state index is 11.1. The number of imidazole rings is 1. The van der Waals surface area contributed by atoms with Crippen LogP contribution in [-0.2, 0) is 4.74 Å². The topological polar surface area (TPSA) is 58.8 Å². The number of aliphatic hydroxyl groups is 1. The summed E-state index contributed by atoms with van der Waals surface area (Å²) < 4.78 is 8.25. The molecule has 1 aromatic carbocycles. The molecule has 3 atom stereocenters. The average Bonchev–Trinajstić information content (AvgIpc) is 2.98. The van der Waals surface area contributed by atoms with Crippen molar-refractivity contribution in [1.82, 2.24) is 9.38 Å². The predicted molar refractivity (Wildman–Crippen MR) is 111 cm³/mol. The first-order valence-electron chi connectivity index (χ1n) is 9.20. The Balaban J connectivity index is 1.82. The number of ether oxygens (including phenoxy) is 1. The standard InChI is InChI=1S/C21H25N3O2S/c1-13-14(2)24-10-9-16-18(21(24)22-13)23-17(15-7-5-4-6-8-15)19(25)20(16)26-11-12-27-3/h4-10,17,19-20,23,25H,11-12H2,1-3H3/t17-,19-,20-/m1/s1. The van der Waals surface area contributed by atoms with Gasteiger partial charge < -0.3 is 19.6 Å². The van der Waals surface area contributed by atoms with Crippen LogP contribution >= 0.6 is 11.8 Å². The van der Waals surface area contributed by atoms with E-state index in [4.69, 9.17) is 9.72 Å². The number of fused-ring (bicyclic) bond motifs is 3. The average molecular weight is 384 g/mol. The van der Waals surface area contributed by atoms with E-state index in [-0.39, 0.29) is 12.1 Å². The fraction of sp³-hybridized carbons (Fsp3) is 0.381. The number of aromatic nitrogens is 2. The third-order valence-corrected chi connectivity index (χ3v) is 5.88. The maximum atomic E-state index is 11.1. The lowest BCUT2D eigenvalue weighted by Gasteiger charge is -2.38. The lowest BCUT2D eigenvalue weighted by molar-refractivity contribution is -0.0452. The second-order valence-electron chi connectivity index (χ2n) is 6.93. The minimum atomic E-state index is -0.679. The van der Waals surface area contributed by atoms with E-state index in [0.29, 0.717) is 6.61 Å². The molecule has 4 rings (SSSR count). The van der Waals surface area contributed by atoms with E-state index in [9.17, 15) is 5.11 Å². The Morgan fingerprint density at radius 3 is 2.74 bits per heavy atom. The predicted octanol–water partition coefficient (Wildman–Crippen LogP) is 3.90. The molecule has 0 saturated carbocycles. The number of hydrogen-bond donors (Lipinski definition) is 2. The molecule has 3 aromatic rings. The molecule has 3 heterocycles. The first-order chi connectivity index (χ1) is 13.1. The van der Waals surface area contributed by atoms with E-state index in [2.05, 4.69) is 22.9 Å². The van der Waals surface area contributed by atoms with Crippen LogP contribution in [0.5, 0.6) is 0 Å². The molecule has 0 saturated heterocycles. The van der Waals surface area contributed by atoms with Crippen LogP contribution in [0.4, 0.5) is 5.69 Å². The van der Waals surface area contributed by atoms with Gasteiger partial charge >= 0.3 is 0 Å². The van der Waals surface area contributed by atoms with Gasteiger partial charge in [0, 0.05) is 23.2 Å². The van der Waals surface area contributed by atoms with Gasteiger partial charge in [0.2, 0.25) is 0 Å². The van der Waals surface area contributed by atoms with Crippen LogP contribution in [0, 0.1) is 13.8 Å². The number of nitrogens with one attached hydrogen (secondary N) is 1. The van der Waals surface area contributed by atoms with Gasteiger partial charge in [-0.2, -0.15) is 11.8 Å². The van der Waals surface area contributed by atoms with Gasteiger partial charge in [-0.15, -0.1) is 0 Å². The quantitative estimate of drug-likeness (QED) is 0.655. The van der Waals surface area contributed by atoms with Gasteiger partial charge in [-0.25, -0.2) is 4.98 Å². The smallest absolute Gasteiger partial charge is 0.161 e. The molecule has 0 bridgehead atoms. The Morgan fingerprint density at radius 2 is 2.00 bits per heavy atom. The zero-order valence-electron chi connectivity index (χ0n) is 15.8. The second kappa shape index (κ2) is 7.54. The normalized spacial score (nSPS) is 21.9. The van der Waals surface area contributed by atoms with E-state index >= 15 is 0 Å². The number of pyridine rings is 1. The van der Waals surface area contributed by atoms with E-state index in [1.54, 1.807) is 11.8 Å². The molecular weight excluding hydrogens is 358 g/mol. The fourth-order valence-electron chi connectivity index (χ4n) is 3.73. The number of rotatable bonds is 5. The van der Waals surface area contributed by atoms with Gasteiger partial charge in [-0.3, -0.25) is 0 Å². The van der Waals surface area contributed by atoms with Crippen molar-refractivity contribution < 1.29 is 9.84 Å². The maximum Gasteiger partial charge on any atom is 0.161 e. The number of nitrogens with zero attached hydrogens (tertiary/aromatic N) is 2. The number of aliphatic hydroxyl groups excluding tert-OH is 1. The van der Waals surface area contributed by atoms with Crippen LogP contribution in [0.1, 0.15) is 34.7 Å². The molecule has 27 heavy (non-hydrogen) atoms. The van der Waals surface area contributed by atoms with E-state index in [0.717, 1.165) is 39.6 Å². The number of hydrogen-bond acceptors (Lipinski definition) is 5. The van der Waals surface area contributed by atoms with Gasteiger partial charge in [0.15, 0.2) is 5.65 Å². The third-order valence-electron chi connectivity index (χ3n) is 5.30. The molecular formula is C21H25N3O2S. The first kappa shape index (κ1) is 18.3. The van der Waals surface area contributed by atoms with Crippen molar-refractivity contribution in [2.45, 2.75) is 32.1 Å². The van der Waals surface area contributed by atoms with Gasteiger partial charge in [0.05, 0.1) is 24.0 Å². The van der Waals surface area contributed by atoms with Gasteiger partial charge in [-0.05, 0) is 31.7 Å². The van der Waals surface area contributed by atoms with Crippen molar-refractivity contribution in [3.05, 3.63) is 65.1 Å². The Bertz CT molecular complexity index is 941. The molecule has 2 N–H and O–H groups in total. The van der Waals surface area contributed by atoms with Crippen LogP contribution in [0.15, 0.2) is 42.6 Å². The van der Waals surface area contributed by atoms with Crippen molar-refractivity contribution >= 4 is 23.1 Å². The Labute approximate surface area is 163 Å². The summed E-state index contributed by atoms with van der Waals surface area (Å²) in [4.78, 5) is 4.77. The van der Waals surface area contributed by atoms with Crippen LogP contribution in [0.3, 0.4) is 0 Å². The second-order valence-corrected chi connectivity index (χ2v) is 7.92. The Morgan fingerprint density at radius 1 is 1.22 bits per heavy atom. The van der Waals surface area contributed by atoms with Crippen molar-refractivity contribution in [2.75, 3.05) is 23.9 Å². The van der Waals surface area contributed by atoms with E-state index < -0.39 is 6.10 Å². The zero-order chi connectivity index (χ0) is 19.0. The molecule has 0 unspecified atom stereocenters. The van der Waals surface area contributed by atoms with Gasteiger partial charge in [0.1, 0.15) is 12.2 Å². The minimum Gasteiger partial charge on any atom is -0.388 e. The SMILES string of the molecule is CSCCO[C@@H]1c2ccn3c(C)c(C)nc3c2N[C@H](c2ccccc2)[C@H]1O. The van der Waals surface area contributed by atoms with Crippen LogP contribution in [-0.4, -0.2) is 39.2 Å². The third kappa shape index (κ3) is 3.22. The van der Waals surface area contributed by atoms with Crippen molar-refractivity contribution in [3.8, 4) is 0 Å². The summed E-state index contributed by atoms with van der Waals surface area (Å²) in [6, 6.07) is 11.8. The fourth-order valence-corrected chi connectivity index (χ4v) is 3.99. The number of thioether (sulfide) groups is 1. The molecule has 142 valence electrons. The van der Waals surface area contributed by atoms with Gasteiger partial charge in [-0.1, -0.05) is 30.3 Å². The van der Waals surface area contributed by atoms with Crippen molar-refractivity contribution in [1.29, 1.82) is 0 Å². The van der Waals surface area contributed by atoms with Crippen molar-refractivity contribution in [2.24, 2.45) is 0 Å². The molecule has 1 aliphatic heterocycles. The molecule has 1 aliphatic rings. The highest BCUT2D eigenvalue weighted by atomic mass is 32.2. The van der Waals surface area contributed by atoms with Gasteiger partial charge in [0.25, 0.3) is 0 Å². The number of aryl methyl sites for hydroxylation is 2. The molecule has 0 amide bonds. The van der Waals surface area contributed by atoms with E-state index in [1.807, 2.05) is 49.5 Å². The van der Waals surface area contributed by atoms with E-state index in [1.165, 1.54) is 0 Å². The Kier molecular flexibility index (Phi) is 5.12.